The van der Waals surface area contributed by atoms with Crippen molar-refractivity contribution in [1.29, 1.82) is 0 Å². The minimum Gasteiger partial charge on any atom is -0.479 e. The first-order valence-electron chi connectivity index (χ1n) is 7.44. The van der Waals surface area contributed by atoms with Gasteiger partial charge in [-0.1, -0.05) is 13.3 Å². The number of hydrogen-bond acceptors (Lipinski definition) is 3. The van der Waals surface area contributed by atoms with Crippen LogP contribution in [0.4, 0.5) is 4.79 Å². The van der Waals surface area contributed by atoms with E-state index in [4.69, 9.17) is 0 Å². The van der Waals surface area contributed by atoms with Crippen molar-refractivity contribution in [3.05, 3.63) is 21.9 Å². The number of rotatable bonds is 2. The van der Waals surface area contributed by atoms with Crippen LogP contribution in [0.3, 0.4) is 0 Å². The van der Waals surface area contributed by atoms with Gasteiger partial charge in [0.25, 0.3) is 0 Å². The summed E-state index contributed by atoms with van der Waals surface area (Å²) in [5, 5.41) is 14.5. The number of urea groups is 1. The molecule has 3 rings (SSSR count). The second kappa shape index (κ2) is 5.67. The Morgan fingerprint density at radius 1 is 1.43 bits per heavy atom. The van der Waals surface area contributed by atoms with Crippen molar-refractivity contribution >= 4 is 23.3 Å². The number of amides is 2. The molecule has 3 unspecified atom stereocenters. The number of nitrogens with one attached hydrogen (secondary N) is 1. The van der Waals surface area contributed by atoms with E-state index in [2.05, 4.69) is 12.2 Å². The first kappa shape index (κ1) is 14.4. The molecule has 1 aliphatic heterocycles. The Labute approximate surface area is 128 Å². The van der Waals surface area contributed by atoms with Crippen LogP contribution < -0.4 is 5.32 Å². The molecule has 6 heteroatoms. The van der Waals surface area contributed by atoms with E-state index in [1.165, 1.54) is 4.90 Å². The monoisotopic (exact) mass is 308 g/mol. The maximum atomic E-state index is 12.5. The fourth-order valence-electron chi connectivity index (χ4n) is 3.40. The first-order valence-corrected chi connectivity index (χ1v) is 8.32. The molecule has 2 aliphatic rings. The molecule has 1 saturated carbocycles. The molecule has 0 aromatic carbocycles. The highest BCUT2D eigenvalue weighted by molar-refractivity contribution is 7.10. The van der Waals surface area contributed by atoms with E-state index < -0.39 is 12.0 Å². The summed E-state index contributed by atoms with van der Waals surface area (Å²) < 4.78 is 0. The van der Waals surface area contributed by atoms with E-state index in [0.29, 0.717) is 12.5 Å². The predicted molar refractivity (Wildman–Crippen MR) is 80.4 cm³/mol. The molecule has 5 nitrogen and oxygen atoms in total. The Kier molecular flexibility index (Phi) is 3.89. The smallest absolute Gasteiger partial charge is 0.331 e. The Hall–Kier alpha value is -1.56. The summed E-state index contributed by atoms with van der Waals surface area (Å²) in [5.74, 6) is -0.484. The zero-order valence-corrected chi connectivity index (χ0v) is 12.9. The highest BCUT2D eigenvalue weighted by Gasteiger charge is 2.38. The van der Waals surface area contributed by atoms with Crippen molar-refractivity contribution in [2.24, 2.45) is 5.92 Å². The molecule has 1 aliphatic carbocycles. The fourth-order valence-corrected chi connectivity index (χ4v) is 4.31. The van der Waals surface area contributed by atoms with E-state index in [9.17, 15) is 14.7 Å². The third-order valence-corrected chi connectivity index (χ3v) is 5.63. The molecule has 114 valence electrons. The topological polar surface area (TPSA) is 69.6 Å². The van der Waals surface area contributed by atoms with Gasteiger partial charge in [0.2, 0.25) is 0 Å². The second-order valence-corrected chi connectivity index (χ2v) is 6.95. The number of thiophene rings is 1. The van der Waals surface area contributed by atoms with Crippen molar-refractivity contribution in [3.8, 4) is 0 Å². The molecule has 1 fully saturated rings. The summed E-state index contributed by atoms with van der Waals surface area (Å²) in [7, 11) is 0. The molecule has 3 atom stereocenters. The number of carbonyl (C=O) groups excluding carboxylic acids is 1. The molecule has 0 bridgehead atoms. The maximum absolute atomic E-state index is 12.5. The van der Waals surface area contributed by atoms with Gasteiger partial charge in [0.05, 0.1) is 0 Å². The van der Waals surface area contributed by atoms with Crippen molar-refractivity contribution in [3.63, 3.8) is 0 Å². The highest BCUT2D eigenvalue weighted by Crippen LogP contribution is 2.34. The van der Waals surface area contributed by atoms with Crippen molar-refractivity contribution < 1.29 is 14.7 Å². The van der Waals surface area contributed by atoms with Crippen LogP contribution in [0.15, 0.2) is 11.4 Å². The minimum atomic E-state index is -0.955. The van der Waals surface area contributed by atoms with Crippen LogP contribution in [0, 0.1) is 5.92 Å². The average molecular weight is 308 g/mol. The predicted octanol–water partition coefficient (Wildman–Crippen LogP) is 2.63. The fraction of sp³-hybridized carbons (Fsp3) is 0.600. The number of carboxylic acid groups (broad SMARTS) is 1. The van der Waals surface area contributed by atoms with Gasteiger partial charge in [-0.2, -0.15) is 0 Å². The van der Waals surface area contributed by atoms with Crippen molar-refractivity contribution in [1.82, 2.24) is 10.2 Å². The maximum Gasteiger partial charge on any atom is 0.331 e. The van der Waals surface area contributed by atoms with Gasteiger partial charge in [0, 0.05) is 17.5 Å². The number of aliphatic carboxylic acids is 1. The first-order chi connectivity index (χ1) is 10.1. The zero-order chi connectivity index (χ0) is 15.0. The van der Waals surface area contributed by atoms with E-state index >= 15 is 0 Å². The van der Waals surface area contributed by atoms with Gasteiger partial charge in [0.15, 0.2) is 6.04 Å². The lowest BCUT2D eigenvalue weighted by Gasteiger charge is -2.34. The van der Waals surface area contributed by atoms with Gasteiger partial charge in [-0.15, -0.1) is 11.3 Å². The van der Waals surface area contributed by atoms with Crippen LogP contribution in [-0.4, -0.2) is 34.6 Å². The van der Waals surface area contributed by atoms with Gasteiger partial charge in [0.1, 0.15) is 0 Å². The standard InChI is InChI=1S/C15H20N2O3S/c1-9-3-2-4-11(9)16-15(20)17-7-5-12-10(6-8-21-12)13(17)14(18)19/h6,8-9,11,13H,2-5,7H2,1H3,(H,16,20)(H,18,19). The van der Waals surface area contributed by atoms with Crippen LogP contribution >= 0.6 is 11.3 Å². The third kappa shape index (κ3) is 2.64. The van der Waals surface area contributed by atoms with E-state index in [1.54, 1.807) is 11.3 Å². The minimum absolute atomic E-state index is 0.177. The summed E-state index contributed by atoms with van der Waals surface area (Å²) in [5.41, 5.74) is 0.772. The Morgan fingerprint density at radius 3 is 2.90 bits per heavy atom. The normalized spacial score (nSPS) is 28.2. The number of nitrogens with zero attached hydrogens (tertiary/aromatic N) is 1. The van der Waals surface area contributed by atoms with E-state index in [1.807, 2.05) is 11.4 Å². The van der Waals surface area contributed by atoms with Crippen LogP contribution in [0.25, 0.3) is 0 Å². The summed E-state index contributed by atoms with van der Waals surface area (Å²) in [6.07, 6.45) is 3.98. The number of carbonyl (C=O) groups is 2. The van der Waals surface area contributed by atoms with Crippen molar-refractivity contribution in [2.45, 2.75) is 44.7 Å². The largest absolute Gasteiger partial charge is 0.479 e. The highest BCUT2D eigenvalue weighted by atomic mass is 32.1. The van der Waals surface area contributed by atoms with Gasteiger partial charge >= 0.3 is 12.0 Å². The lowest BCUT2D eigenvalue weighted by Crippen LogP contribution is -2.50. The van der Waals surface area contributed by atoms with Crippen LogP contribution in [0.1, 0.15) is 42.7 Å². The molecule has 21 heavy (non-hydrogen) atoms. The molecule has 2 heterocycles. The van der Waals surface area contributed by atoms with Crippen LogP contribution in [0.2, 0.25) is 0 Å². The molecule has 1 aromatic heterocycles. The summed E-state index contributed by atoms with van der Waals surface area (Å²) >= 11 is 1.57. The molecule has 0 saturated heterocycles. The average Bonchev–Trinajstić information content (AvgIpc) is 3.06. The van der Waals surface area contributed by atoms with Gasteiger partial charge in [-0.25, -0.2) is 9.59 Å². The molecule has 0 spiro atoms. The van der Waals surface area contributed by atoms with E-state index in [-0.39, 0.29) is 12.1 Å². The molecular weight excluding hydrogens is 288 g/mol. The summed E-state index contributed by atoms with van der Waals surface area (Å²) in [6.45, 7) is 2.61. The zero-order valence-electron chi connectivity index (χ0n) is 12.0. The number of carboxylic acids is 1. The Balaban J connectivity index is 1.77. The summed E-state index contributed by atoms with van der Waals surface area (Å²) in [6, 6.07) is 0.918. The molecule has 2 N–H and O–H groups in total. The molecular formula is C15H20N2O3S. The molecule has 2 amide bonds. The number of fused-ring (bicyclic) bond motifs is 1. The Bertz CT molecular complexity index is 557. The van der Waals surface area contributed by atoms with Crippen LogP contribution in [0.5, 0.6) is 0 Å². The van der Waals surface area contributed by atoms with E-state index in [0.717, 1.165) is 36.1 Å². The Morgan fingerprint density at radius 2 is 2.24 bits per heavy atom. The van der Waals surface area contributed by atoms with Gasteiger partial charge in [-0.05, 0) is 42.2 Å². The third-order valence-electron chi connectivity index (χ3n) is 4.63. The quantitative estimate of drug-likeness (QED) is 0.882. The van der Waals surface area contributed by atoms with Gasteiger partial charge < -0.3 is 15.3 Å². The second-order valence-electron chi connectivity index (χ2n) is 5.95. The summed E-state index contributed by atoms with van der Waals surface area (Å²) in [4.78, 5) is 26.7. The SMILES string of the molecule is CC1CCCC1NC(=O)N1CCc2sccc2C1C(=O)O. The number of hydrogen-bond donors (Lipinski definition) is 2. The van der Waals surface area contributed by atoms with Crippen LogP contribution in [-0.2, 0) is 11.2 Å². The lowest BCUT2D eigenvalue weighted by molar-refractivity contribution is -0.142. The molecule has 1 aromatic rings. The van der Waals surface area contributed by atoms with Gasteiger partial charge in [-0.3, -0.25) is 0 Å². The lowest BCUT2D eigenvalue weighted by atomic mass is 10.0. The van der Waals surface area contributed by atoms with Crippen molar-refractivity contribution in [2.75, 3.05) is 6.54 Å². The molecule has 0 radical (unpaired) electrons.